The molecule has 2 atom stereocenters. The number of ether oxygens (including phenoxy) is 1. The molecular formula is C13H21N3O3S. The summed E-state index contributed by atoms with van der Waals surface area (Å²) in [5, 5.41) is 11.5. The second-order valence-electron chi connectivity index (χ2n) is 4.95. The molecule has 7 heteroatoms. The number of nitrogens with two attached hydrogens (primary N) is 1. The lowest BCUT2D eigenvalue weighted by Crippen LogP contribution is -2.39. The summed E-state index contributed by atoms with van der Waals surface area (Å²) in [6.07, 6.45) is 3.40. The van der Waals surface area contributed by atoms with Crippen LogP contribution in [0.4, 0.5) is 5.13 Å². The molecule has 1 aromatic rings. The van der Waals surface area contributed by atoms with E-state index in [-0.39, 0.29) is 6.10 Å². The van der Waals surface area contributed by atoms with Crippen LogP contribution in [-0.4, -0.2) is 41.9 Å². The van der Waals surface area contributed by atoms with Crippen LogP contribution in [0.15, 0.2) is 5.38 Å². The zero-order valence-corrected chi connectivity index (χ0v) is 12.4. The molecule has 2 unspecified atom stereocenters. The molecule has 1 aliphatic heterocycles. The predicted molar refractivity (Wildman–Crippen MR) is 78.2 cm³/mol. The Kier molecular flexibility index (Phi) is 5.33. The van der Waals surface area contributed by atoms with E-state index in [9.17, 15) is 4.79 Å². The van der Waals surface area contributed by atoms with E-state index in [2.05, 4.69) is 16.8 Å². The molecule has 0 spiro atoms. The first kappa shape index (κ1) is 15.2. The second-order valence-corrected chi connectivity index (χ2v) is 5.79. The van der Waals surface area contributed by atoms with Crippen LogP contribution in [0, 0.1) is 0 Å². The Balaban J connectivity index is 1.98. The summed E-state index contributed by atoms with van der Waals surface area (Å²) < 4.78 is 5.79. The van der Waals surface area contributed by atoms with Crippen LogP contribution in [0.1, 0.15) is 37.9 Å². The van der Waals surface area contributed by atoms with Crippen molar-refractivity contribution in [2.75, 3.05) is 24.6 Å². The summed E-state index contributed by atoms with van der Waals surface area (Å²) in [5.41, 5.74) is 6.00. The largest absolute Gasteiger partial charge is 0.480 e. The minimum atomic E-state index is -1.05. The van der Waals surface area contributed by atoms with E-state index in [1.54, 1.807) is 5.38 Å². The second kappa shape index (κ2) is 7.01. The molecule has 0 bridgehead atoms. The topological polar surface area (TPSA) is 88.7 Å². The van der Waals surface area contributed by atoms with Crippen molar-refractivity contribution in [1.82, 2.24) is 4.98 Å². The lowest BCUT2D eigenvalue weighted by atomic mass is 10.1. The van der Waals surface area contributed by atoms with E-state index in [0.29, 0.717) is 5.69 Å². The third-order valence-electron chi connectivity index (χ3n) is 3.30. The van der Waals surface area contributed by atoms with E-state index in [0.717, 1.165) is 44.1 Å². The van der Waals surface area contributed by atoms with Crippen molar-refractivity contribution in [1.29, 1.82) is 0 Å². The van der Waals surface area contributed by atoms with Gasteiger partial charge in [0.05, 0.1) is 11.8 Å². The van der Waals surface area contributed by atoms with E-state index < -0.39 is 12.0 Å². The number of piperidine rings is 1. The fourth-order valence-electron chi connectivity index (χ4n) is 2.22. The third-order valence-corrected chi connectivity index (χ3v) is 4.22. The fraction of sp³-hybridized carbons (Fsp3) is 0.692. The molecule has 0 saturated carbocycles. The zero-order chi connectivity index (χ0) is 14.5. The first-order chi connectivity index (χ1) is 9.61. The Labute approximate surface area is 122 Å². The molecule has 6 nitrogen and oxygen atoms in total. The smallest absolute Gasteiger partial charge is 0.326 e. The molecule has 0 radical (unpaired) electrons. The maximum absolute atomic E-state index is 10.9. The third kappa shape index (κ3) is 3.68. The van der Waals surface area contributed by atoms with Crippen molar-refractivity contribution in [2.45, 2.75) is 38.3 Å². The minimum absolute atomic E-state index is 0.240. The van der Waals surface area contributed by atoms with Crippen LogP contribution in [0.5, 0.6) is 0 Å². The van der Waals surface area contributed by atoms with Gasteiger partial charge in [-0.05, 0) is 19.3 Å². The predicted octanol–water partition coefficient (Wildman–Crippen LogP) is 1.62. The van der Waals surface area contributed by atoms with Gasteiger partial charge in [0, 0.05) is 25.1 Å². The van der Waals surface area contributed by atoms with Gasteiger partial charge in [-0.3, -0.25) is 4.79 Å². The molecular weight excluding hydrogens is 278 g/mol. The summed E-state index contributed by atoms with van der Waals surface area (Å²) in [6.45, 7) is 4.63. The SMILES string of the molecule is CCCOC1CCCN(c2nc(C(N)C(=O)O)cs2)C1. The number of thiazole rings is 1. The maximum Gasteiger partial charge on any atom is 0.326 e. The van der Waals surface area contributed by atoms with E-state index >= 15 is 0 Å². The number of carboxylic acids is 1. The summed E-state index contributed by atoms with van der Waals surface area (Å²) in [7, 11) is 0. The number of aliphatic carboxylic acids is 1. The number of carbonyl (C=O) groups is 1. The Hall–Kier alpha value is -1.18. The molecule has 112 valence electrons. The van der Waals surface area contributed by atoms with Gasteiger partial charge >= 0.3 is 5.97 Å². The highest BCUT2D eigenvalue weighted by atomic mass is 32.1. The average molecular weight is 299 g/mol. The Morgan fingerprint density at radius 3 is 3.25 bits per heavy atom. The number of hydrogen-bond donors (Lipinski definition) is 2. The molecule has 20 heavy (non-hydrogen) atoms. The highest BCUT2D eigenvalue weighted by Crippen LogP contribution is 2.27. The highest BCUT2D eigenvalue weighted by Gasteiger charge is 2.24. The van der Waals surface area contributed by atoms with Gasteiger partial charge in [0.2, 0.25) is 0 Å². The van der Waals surface area contributed by atoms with Gasteiger partial charge in [-0.2, -0.15) is 0 Å². The van der Waals surface area contributed by atoms with Crippen molar-refractivity contribution in [3.63, 3.8) is 0 Å². The molecule has 0 aliphatic carbocycles. The van der Waals surface area contributed by atoms with Crippen molar-refractivity contribution in [3.8, 4) is 0 Å². The molecule has 1 aliphatic rings. The molecule has 2 heterocycles. The number of nitrogens with zero attached hydrogens (tertiary/aromatic N) is 2. The van der Waals surface area contributed by atoms with Crippen molar-refractivity contribution in [3.05, 3.63) is 11.1 Å². The zero-order valence-electron chi connectivity index (χ0n) is 11.6. The molecule has 1 saturated heterocycles. The van der Waals surface area contributed by atoms with Crippen LogP contribution in [0.25, 0.3) is 0 Å². The molecule has 0 aromatic carbocycles. The average Bonchev–Trinajstić information content (AvgIpc) is 2.94. The first-order valence-corrected chi connectivity index (χ1v) is 7.80. The Morgan fingerprint density at radius 2 is 2.55 bits per heavy atom. The summed E-state index contributed by atoms with van der Waals surface area (Å²) >= 11 is 1.44. The maximum atomic E-state index is 10.9. The summed E-state index contributed by atoms with van der Waals surface area (Å²) in [4.78, 5) is 17.4. The van der Waals surface area contributed by atoms with Crippen LogP contribution in [0.2, 0.25) is 0 Å². The number of rotatable bonds is 6. The standard InChI is InChI=1S/C13H21N3O3S/c1-2-6-19-9-4-3-5-16(7-9)13-15-10(8-20-13)11(14)12(17)18/h8-9,11H,2-7,14H2,1H3,(H,17,18). The van der Waals surface area contributed by atoms with Gasteiger partial charge < -0.3 is 20.5 Å². The van der Waals surface area contributed by atoms with Gasteiger partial charge in [-0.25, -0.2) is 4.98 Å². The highest BCUT2D eigenvalue weighted by molar-refractivity contribution is 7.13. The molecule has 3 N–H and O–H groups in total. The van der Waals surface area contributed by atoms with Crippen LogP contribution >= 0.6 is 11.3 Å². The van der Waals surface area contributed by atoms with Gasteiger partial charge in [0.25, 0.3) is 0 Å². The van der Waals surface area contributed by atoms with Crippen LogP contribution in [-0.2, 0) is 9.53 Å². The molecule has 0 amide bonds. The normalized spacial score (nSPS) is 20.9. The fourth-order valence-corrected chi connectivity index (χ4v) is 3.12. The Bertz CT molecular complexity index is 452. The van der Waals surface area contributed by atoms with Gasteiger partial charge in [-0.1, -0.05) is 6.92 Å². The lowest BCUT2D eigenvalue weighted by Gasteiger charge is -2.32. The van der Waals surface area contributed by atoms with E-state index in [4.69, 9.17) is 15.6 Å². The van der Waals surface area contributed by atoms with Crippen molar-refractivity contribution >= 4 is 22.4 Å². The number of anilines is 1. The van der Waals surface area contributed by atoms with Crippen molar-refractivity contribution < 1.29 is 14.6 Å². The summed E-state index contributed by atoms with van der Waals surface area (Å²) in [5.74, 6) is -1.05. The van der Waals surface area contributed by atoms with E-state index in [1.807, 2.05) is 0 Å². The number of aromatic nitrogens is 1. The van der Waals surface area contributed by atoms with E-state index in [1.165, 1.54) is 11.3 Å². The van der Waals surface area contributed by atoms with Crippen LogP contribution < -0.4 is 10.6 Å². The quantitative estimate of drug-likeness (QED) is 0.830. The van der Waals surface area contributed by atoms with Gasteiger partial charge in [0.1, 0.15) is 6.04 Å². The number of hydrogen-bond acceptors (Lipinski definition) is 6. The number of carboxylic acid groups (broad SMARTS) is 1. The monoisotopic (exact) mass is 299 g/mol. The first-order valence-electron chi connectivity index (χ1n) is 6.92. The molecule has 1 aromatic heterocycles. The molecule has 2 rings (SSSR count). The minimum Gasteiger partial charge on any atom is -0.480 e. The van der Waals surface area contributed by atoms with Gasteiger partial charge in [0.15, 0.2) is 5.13 Å². The van der Waals surface area contributed by atoms with Crippen molar-refractivity contribution in [2.24, 2.45) is 5.73 Å². The van der Waals surface area contributed by atoms with Gasteiger partial charge in [-0.15, -0.1) is 11.3 Å². The lowest BCUT2D eigenvalue weighted by molar-refractivity contribution is -0.138. The Morgan fingerprint density at radius 1 is 1.75 bits per heavy atom. The van der Waals surface area contributed by atoms with Crippen LogP contribution in [0.3, 0.4) is 0 Å². The summed E-state index contributed by atoms with van der Waals surface area (Å²) in [6, 6.07) is -1.04. The molecule has 1 fully saturated rings.